The molecule has 26 heavy (non-hydrogen) atoms. The second kappa shape index (κ2) is 7.54. The van der Waals surface area contributed by atoms with E-state index in [1.165, 1.54) is 16.7 Å². The van der Waals surface area contributed by atoms with E-state index in [9.17, 15) is 9.59 Å². The molecule has 0 saturated carbocycles. The molecule has 0 amide bonds. The van der Waals surface area contributed by atoms with Crippen LogP contribution in [-0.4, -0.2) is 22.2 Å². The summed E-state index contributed by atoms with van der Waals surface area (Å²) in [5, 5.41) is 15.6. The molecule has 1 unspecified atom stereocenters. The van der Waals surface area contributed by atoms with Gasteiger partial charge in [-0.25, -0.2) is 9.59 Å². The van der Waals surface area contributed by atoms with Gasteiger partial charge in [0.15, 0.2) is 0 Å². The van der Waals surface area contributed by atoms with Crippen molar-refractivity contribution in [2.24, 2.45) is 11.1 Å². The third-order valence-electron chi connectivity index (χ3n) is 4.74. The van der Waals surface area contributed by atoms with Gasteiger partial charge in [-0.1, -0.05) is 68.4 Å². The maximum absolute atomic E-state index is 9.55. The molecule has 4 N–H and O–H groups in total. The van der Waals surface area contributed by atoms with Crippen LogP contribution in [0.25, 0.3) is 0 Å². The van der Waals surface area contributed by atoms with E-state index in [2.05, 4.69) is 62.4 Å². The van der Waals surface area contributed by atoms with E-state index >= 15 is 0 Å². The highest BCUT2D eigenvalue weighted by molar-refractivity contribution is 5.89. The Labute approximate surface area is 152 Å². The molecule has 2 aromatic rings. The lowest BCUT2D eigenvalue weighted by atomic mass is 9.69. The summed E-state index contributed by atoms with van der Waals surface area (Å²) in [7, 11) is 0. The van der Waals surface area contributed by atoms with Gasteiger partial charge in [-0.05, 0) is 28.5 Å². The minimum atomic E-state index is -1.26. The molecule has 5 nitrogen and oxygen atoms in total. The lowest BCUT2D eigenvalue weighted by molar-refractivity contribution is -0.134. The lowest BCUT2D eigenvalue weighted by Gasteiger charge is -2.39. The Morgan fingerprint density at radius 1 is 0.923 bits per heavy atom. The molecule has 0 aliphatic heterocycles. The van der Waals surface area contributed by atoms with Crippen LogP contribution in [0.2, 0.25) is 0 Å². The zero-order chi connectivity index (χ0) is 19.4. The molecule has 136 valence electrons. The van der Waals surface area contributed by atoms with E-state index in [4.69, 9.17) is 15.9 Å². The fourth-order valence-corrected chi connectivity index (χ4v) is 3.43. The molecule has 1 aliphatic rings. The number of carbonyl (C=O) groups is 2. The van der Waals surface area contributed by atoms with Gasteiger partial charge in [-0.2, -0.15) is 0 Å². The van der Waals surface area contributed by atoms with Crippen molar-refractivity contribution < 1.29 is 19.8 Å². The van der Waals surface area contributed by atoms with Gasteiger partial charge in [0.1, 0.15) is 0 Å². The second-order valence-electron chi connectivity index (χ2n) is 6.90. The average molecular weight is 353 g/mol. The van der Waals surface area contributed by atoms with E-state index in [0.717, 1.165) is 6.42 Å². The number of hydrogen-bond acceptors (Lipinski definition) is 3. The first-order chi connectivity index (χ1) is 12.2. The van der Waals surface area contributed by atoms with Gasteiger partial charge >= 0.3 is 11.9 Å². The molecule has 0 saturated heterocycles. The molecule has 1 aliphatic carbocycles. The summed E-state index contributed by atoms with van der Waals surface area (Å²) < 4.78 is 0. The smallest absolute Gasteiger partial charge is 0.328 e. The summed E-state index contributed by atoms with van der Waals surface area (Å²) in [6, 6.07) is 19.0. The second-order valence-corrected chi connectivity index (χ2v) is 6.90. The average Bonchev–Trinajstić information content (AvgIpc) is 2.81. The molecule has 5 heteroatoms. The number of nitrogens with two attached hydrogens (primary N) is 1. The van der Waals surface area contributed by atoms with Gasteiger partial charge in [-0.3, -0.25) is 0 Å². The predicted molar refractivity (Wildman–Crippen MR) is 99.7 cm³/mol. The molecule has 2 aromatic carbocycles. The lowest BCUT2D eigenvalue weighted by Crippen LogP contribution is -2.47. The third-order valence-corrected chi connectivity index (χ3v) is 4.74. The Hall–Kier alpha value is -2.92. The van der Waals surface area contributed by atoms with Crippen LogP contribution in [0.4, 0.5) is 0 Å². The van der Waals surface area contributed by atoms with Crippen LogP contribution in [0.5, 0.6) is 0 Å². The zero-order valence-electron chi connectivity index (χ0n) is 14.8. The van der Waals surface area contributed by atoms with E-state index in [1.54, 1.807) is 0 Å². The Morgan fingerprint density at radius 2 is 1.42 bits per heavy atom. The monoisotopic (exact) mass is 353 g/mol. The molecular formula is C21H23NO4. The number of rotatable bonds is 3. The van der Waals surface area contributed by atoms with Crippen LogP contribution in [0.1, 0.15) is 30.5 Å². The van der Waals surface area contributed by atoms with Gasteiger partial charge in [-0.15, -0.1) is 0 Å². The van der Waals surface area contributed by atoms with Crippen molar-refractivity contribution in [2.75, 3.05) is 0 Å². The first kappa shape index (κ1) is 19.4. The van der Waals surface area contributed by atoms with Crippen molar-refractivity contribution in [3.8, 4) is 0 Å². The molecule has 0 fully saturated rings. The standard InChI is InChI=1S/C17H19N.C4H4O4/c1-16(2)12-13-8-6-7-11-15(13)17(16,18)14-9-4-3-5-10-14;5-3(6)1-2-4(7)8/h3-11H,12,18H2,1-2H3;1-2H,(H,5,6)(H,7,8)/b;2-1+. The van der Waals surface area contributed by atoms with E-state index in [0.29, 0.717) is 12.2 Å². The van der Waals surface area contributed by atoms with Gasteiger partial charge in [0.05, 0.1) is 5.54 Å². The van der Waals surface area contributed by atoms with Crippen molar-refractivity contribution in [3.63, 3.8) is 0 Å². The number of carboxylic acid groups (broad SMARTS) is 2. The summed E-state index contributed by atoms with van der Waals surface area (Å²) >= 11 is 0. The van der Waals surface area contributed by atoms with E-state index in [-0.39, 0.29) is 11.0 Å². The highest BCUT2D eigenvalue weighted by Crippen LogP contribution is 2.51. The van der Waals surface area contributed by atoms with Crippen molar-refractivity contribution in [1.29, 1.82) is 0 Å². The van der Waals surface area contributed by atoms with Crippen LogP contribution in [0.15, 0.2) is 66.7 Å². The SMILES string of the molecule is CC1(C)Cc2ccccc2C1(N)c1ccccc1.O=C(O)/C=C/C(=O)O. The first-order valence-corrected chi connectivity index (χ1v) is 8.25. The molecule has 3 rings (SSSR count). The van der Waals surface area contributed by atoms with Crippen molar-refractivity contribution in [3.05, 3.63) is 83.4 Å². The number of aliphatic carboxylic acids is 2. The number of benzene rings is 2. The molecule has 1 atom stereocenters. The summed E-state index contributed by atoms with van der Waals surface area (Å²) in [4.78, 5) is 19.1. The normalized spacial score (nSPS) is 20.1. The Kier molecular flexibility index (Phi) is 5.63. The van der Waals surface area contributed by atoms with Gasteiger partial charge in [0, 0.05) is 12.2 Å². The minimum Gasteiger partial charge on any atom is -0.478 e. The quantitative estimate of drug-likeness (QED) is 0.736. The van der Waals surface area contributed by atoms with Gasteiger partial charge in [0.25, 0.3) is 0 Å². The number of fused-ring (bicyclic) bond motifs is 1. The zero-order valence-corrected chi connectivity index (χ0v) is 14.8. The van der Waals surface area contributed by atoms with Crippen molar-refractivity contribution in [1.82, 2.24) is 0 Å². The first-order valence-electron chi connectivity index (χ1n) is 8.25. The van der Waals surface area contributed by atoms with Crippen LogP contribution in [-0.2, 0) is 21.5 Å². The largest absolute Gasteiger partial charge is 0.478 e. The van der Waals surface area contributed by atoms with Gasteiger partial charge in [0.2, 0.25) is 0 Å². The van der Waals surface area contributed by atoms with E-state index in [1.807, 2.05) is 6.07 Å². The van der Waals surface area contributed by atoms with Crippen molar-refractivity contribution in [2.45, 2.75) is 25.8 Å². The van der Waals surface area contributed by atoms with Crippen LogP contribution < -0.4 is 5.73 Å². The predicted octanol–water partition coefficient (Wildman–Crippen LogP) is 3.18. The number of hydrogen-bond donors (Lipinski definition) is 3. The Balaban J connectivity index is 0.000000260. The van der Waals surface area contributed by atoms with Crippen LogP contribution in [0, 0.1) is 5.41 Å². The Bertz CT molecular complexity index is 811. The fraction of sp³-hybridized carbons (Fsp3) is 0.238. The van der Waals surface area contributed by atoms with Crippen LogP contribution in [0.3, 0.4) is 0 Å². The number of carboxylic acids is 2. The summed E-state index contributed by atoms with van der Waals surface area (Å²) in [5.74, 6) is -2.51. The van der Waals surface area contributed by atoms with E-state index < -0.39 is 11.9 Å². The topological polar surface area (TPSA) is 101 Å². The van der Waals surface area contributed by atoms with Crippen LogP contribution >= 0.6 is 0 Å². The maximum Gasteiger partial charge on any atom is 0.328 e. The highest BCUT2D eigenvalue weighted by atomic mass is 16.4. The summed E-state index contributed by atoms with van der Waals surface area (Å²) in [5.41, 5.74) is 10.4. The molecule has 0 heterocycles. The third kappa shape index (κ3) is 3.83. The molecule has 0 radical (unpaired) electrons. The summed E-state index contributed by atoms with van der Waals surface area (Å²) in [6.45, 7) is 4.53. The Morgan fingerprint density at radius 3 is 1.96 bits per heavy atom. The summed E-state index contributed by atoms with van der Waals surface area (Å²) in [6.07, 6.45) is 2.15. The molecular weight excluding hydrogens is 330 g/mol. The van der Waals surface area contributed by atoms with Gasteiger partial charge < -0.3 is 15.9 Å². The maximum atomic E-state index is 9.55. The molecule has 0 bridgehead atoms. The highest BCUT2D eigenvalue weighted by Gasteiger charge is 2.50. The van der Waals surface area contributed by atoms with Crippen molar-refractivity contribution >= 4 is 11.9 Å². The fourth-order valence-electron chi connectivity index (χ4n) is 3.43. The minimum absolute atomic E-state index is 0.0397. The molecule has 0 aromatic heterocycles. The molecule has 0 spiro atoms.